The zero-order valence-corrected chi connectivity index (χ0v) is 16.6. The number of nitrogens with one attached hydrogen (secondary N) is 1. The zero-order chi connectivity index (χ0) is 18.1. The standard InChI is InChI=1S/C23H31NO2.H2O/c1-3-22-9-6-18-17-5-4-16(24)13-15(17)12-14(2)21(18)19(22)7-10-23(22)11-8-20(25)26-23;/h8,11,13-14,17-19,21,24H,3-7,9-10,12H2,1-2H3;1H2/t14?,17-,18?,19?,21?,22-,23+;/m0./s1. The third kappa shape index (κ3) is 2.38. The maximum atomic E-state index is 12.0. The second-order valence-corrected chi connectivity index (χ2v) is 9.65. The van der Waals surface area contributed by atoms with Gasteiger partial charge in [-0.05, 0) is 93.1 Å². The first-order chi connectivity index (χ1) is 12.5. The van der Waals surface area contributed by atoms with Gasteiger partial charge in [0.15, 0.2) is 0 Å². The molecule has 1 heterocycles. The minimum atomic E-state index is -0.320. The Hall–Kier alpha value is -1.42. The highest BCUT2D eigenvalue weighted by atomic mass is 16.6. The lowest BCUT2D eigenvalue weighted by Crippen LogP contribution is -2.55. The molecule has 0 aromatic rings. The van der Waals surface area contributed by atoms with Crippen LogP contribution in [0, 0.1) is 40.4 Å². The Morgan fingerprint density at radius 1 is 1.26 bits per heavy atom. The highest BCUT2D eigenvalue weighted by molar-refractivity contribution is 5.93. The Labute approximate surface area is 162 Å². The lowest BCUT2D eigenvalue weighted by atomic mass is 9.47. The number of carbonyl (C=O) groups is 1. The number of ether oxygens (including phenoxy) is 1. The second kappa shape index (κ2) is 6.30. The van der Waals surface area contributed by atoms with Crippen molar-refractivity contribution in [1.82, 2.24) is 0 Å². The van der Waals surface area contributed by atoms with E-state index in [2.05, 4.69) is 26.0 Å². The highest BCUT2D eigenvalue weighted by Gasteiger charge is 2.66. The van der Waals surface area contributed by atoms with Crippen LogP contribution in [0.3, 0.4) is 0 Å². The minimum absolute atomic E-state index is 0. The molecule has 0 aromatic carbocycles. The molecule has 1 spiro atoms. The van der Waals surface area contributed by atoms with E-state index in [4.69, 9.17) is 10.1 Å². The molecule has 7 atom stereocenters. The van der Waals surface area contributed by atoms with E-state index >= 15 is 0 Å². The average Bonchev–Trinajstić information content (AvgIpc) is 3.16. The predicted octanol–water partition coefficient (Wildman–Crippen LogP) is 4.24. The van der Waals surface area contributed by atoms with Gasteiger partial charge in [0, 0.05) is 17.2 Å². The number of hydrogen-bond donors (Lipinski definition) is 1. The average molecular weight is 372 g/mol. The van der Waals surface area contributed by atoms with Crippen LogP contribution in [0.4, 0.5) is 0 Å². The van der Waals surface area contributed by atoms with E-state index in [0.29, 0.717) is 17.8 Å². The van der Waals surface area contributed by atoms with Crippen LogP contribution in [-0.4, -0.2) is 22.8 Å². The molecule has 3 saturated carbocycles. The Morgan fingerprint density at radius 2 is 2.07 bits per heavy atom. The summed E-state index contributed by atoms with van der Waals surface area (Å²) in [5.74, 6) is 3.47. The van der Waals surface area contributed by atoms with Crippen molar-refractivity contribution in [2.45, 2.75) is 70.8 Å². The van der Waals surface area contributed by atoms with Gasteiger partial charge in [0.2, 0.25) is 0 Å². The molecule has 148 valence electrons. The van der Waals surface area contributed by atoms with Crippen molar-refractivity contribution in [2.24, 2.45) is 35.0 Å². The van der Waals surface area contributed by atoms with Crippen LogP contribution in [-0.2, 0) is 9.53 Å². The van der Waals surface area contributed by atoms with Gasteiger partial charge >= 0.3 is 5.97 Å². The quantitative estimate of drug-likeness (QED) is 0.699. The lowest BCUT2D eigenvalue weighted by molar-refractivity contribution is -0.166. The van der Waals surface area contributed by atoms with Crippen molar-refractivity contribution in [2.75, 3.05) is 0 Å². The van der Waals surface area contributed by atoms with Crippen molar-refractivity contribution in [1.29, 1.82) is 5.41 Å². The van der Waals surface area contributed by atoms with Crippen molar-refractivity contribution in [3.8, 4) is 0 Å². The molecule has 1 aliphatic heterocycles. The first kappa shape index (κ1) is 18.9. The highest BCUT2D eigenvalue weighted by Crippen LogP contribution is 2.68. The van der Waals surface area contributed by atoms with Gasteiger partial charge in [-0.2, -0.15) is 0 Å². The minimum Gasteiger partial charge on any atom is -0.451 e. The summed E-state index contributed by atoms with van der Waals surface area (Å²) in [6.07, 6.45) is 15.1. The number of carbonyl (C=O) groups excluding carboxylic acids is 1. The molecule has 5 rings (SSSR count). The smallest absolute Gasteiger partial charge is 0.331 e. The Morgan fingerprint density at radius 3 is 2.78 bits per heavy atom. The number of esters is 1. The van der Waals surface area contributed by atoms with Gasteiger partial charge in [-0.25, -0.2) is 4.79 Å². The fourth-order valence-electron chi connectivity index (χ4n) is 8.07. The van der Waals surface area contributed by atoms with Crippen LogP contribution >= 0.6 is 0 Å². The first-order valence-corrected chi connectivity index (χ1v) is 10.7. The SMILES string of the molecule is CC[C@]12CCC3C(C(C)CC4=CC(=N)CC[C@@H]43)C1CC[C@@]21C=CC(=O)O1.O. The fraction of sp³-hybridized carbons (Fsp3) is 0.739. The summed E-state index contributed by atoms with van der Waals surface area (Å²) in [6, 6.07) is 0. The van der Waals surface area contributed by atoms with Gasteiger partial charge < -0.3 is 15.6 Å². The topological polar surface area (TPSA) is 81.7 Å². The molecule has 4 nitrogen and oxygen atoms in total. The van der Waals surface area contributed by atoms with Gasteiger partial charge in [-0.15, -0.1) is 0 Å². The molecule has 0 radical (unpaired) electrons. The summed E-state index contributed by atoms with van der Waals surface area (Å²) < 4.78 is 6.02. The Kier molecular flexibility index (Phi) is 4.41. The van der Waals surface area contributed by atoms with E-state index < -0.39 is 0 Å². The number of allylic oxidation sites excluding steroid dienone is 2. The summed E-state index contributed by atoms with van der Waals surface area (Å²) in [6.45, 7) is 4.77. The molecular formula is C23H33NO3. The molecule has 0 saturated heterocycles. The van der Waals surface area contributed by atoms with Gasteiger partial charge in [0.1, 0.15) is 5.60 Å². The van der Waals surface area contributed by atoms with E-state index in [9.17, 15) is 4.79 Å². The third-order valence-electron chi connectivity index (χ3n) is 8.96. The van der Waals surface area contributed by atoms with Crippen LogP contribution in [0.1, 0.15) is 65.2 Å². The van der Waals surface area contributed by atoms with Gasteiger partial charge in [-0.3, -0.25) is 0 Å². The molecular weight excluding hydrogens is 338 g/mol. The Bertz CT molecular complexity index is 725. The molecule has 5 aliphatic rings. The summed E-state index contributed by atoms with van der Waals surface area (Å²) in [5.41, 5.74) is 2.23. The molecule has 0 amide bonds. The fourth-order valence-corrected chi connectivity index (χ4v) is 8.07. The van der Waals surface area contributed by atoms with E-state index in [0.717, 1.165) is 36.8 Å². The maximum Gasteiger partial charge on any atom is 0.331 e. The summed E-state index contributed by atoms with van der Waals surface area (Å²) in [7, 11) is 0. The van der Waals surface area contributed by atoms with E-state index in [1.807, 2.05) is 0 Å². The van der Waals surface area contributed by atoms with Crippen molar-refractivity contribution in [3.05, 3.63) is 23.8 Å². The first-order valence-electron chi connectivity index (χ1n) is 10.7. The summed E-state index contributed by atoms with van der Waals surface area (Å²) >= 11 is 0. The van der Waals surface area contributed by atoms with Crippen LogP contribution in [0.5, 0.6) is 0 Å². The van der Waals surface area contributed by atoms with Crippen molar-refractivity contribution >= 4 is 11.7 Å². The van der Waals surface area contributed by atoms with Crippen LogP contribution < -0.4 is 0 Å². The van der Waals surface area contributed by atoms with Gasteiger partial charge in [-0.1, -0.05) is 19.4 Å². The van der Waals surface area contributed by atoms with Gasteiger partial charge in [0.05, 0.1) is 0 Å². The van der Waals surface area contributed by atoms with Crippen LogP contribution in [0.15, 0.2) is 23.8 Å². The lowest BCUT2D eigenvalue weighted by Gasteiger charge is -2.58. The van der Waals surface area contributed by atoms with E-state index in [1.165, 1.54) is 32.1 Å². The Balaban J connectivity index is 0.00000180. The van der Waals surface area contributed by atoms with Crippen molar-refractivity contribution in [3.63, 3.8) is 0 Å². The molecule has 0 aromatic heterocycles. The molecule has 3 fully saturated rings. The molecule has 3 N–H and O–H groups in total. The number of rotatable bonds is 1. The van der Waals surface area contributed by atoms with E-state index in [1.54, 1.807) is 11.6 Å². The molecule has 4 unspecified atom stereocenters. The predicted molar refractivity (Wildman–Crippen MR) is 106 cm³/mol. The molecule has 4 heteroatoms. The van der Waals surface area contributed by atoms with E-state index in [-0.39, 0.29) is 22.5 Å². The molecule has 27 heavy (non-hydrogen) atoms. The number of fused-ring (bicyclic) bond motifs is 6. The van der Waals surface area contributed by atoms with Crippen LogP contribution in [0.2, 0.25) is 0 Å². The summed E-state index contributed by atoms with van der Waals surface area (Å²) in [4.78, 5) is 12.0. The largest absolute Gasteiger partial charge is 0.451 e. The molecule has 0 bridgehead atoms. The number of hydrogen-bond acceptors (Lipinski definition) is 3. The normalized spacial score (nSPS) is 47.6. The molecule has 4 aliphatic carbocycles. The van der Waals surface area contributed by atoms with Gasteiger partial charge in [0.25, 0.3) is 0 Å². The maximum absolute atomic E-state index is 12.0. The summed E-state index contributed by atoms with van der Waals surface area (Å²) in [5, 5.41) is 8.08. The monoisotopic (exact) mass is 371 g/mol. The van der Waals surface area contributed by atoms with Crippen molar-refractivity contribution < 1.29 is 15.0 Å². The zero-order valence-electron chi connectivity index (χ0n) is 16.6. The second-order valence-electron chi connectivity index (χ2n) is 9.65. The third-order valence-corrected chi connectivity index (χ3v) is 8.96. The van der Waals surface area contributed by atoms with Crippen LogP contribution in [0.25, 0.3) is 0 Å².